The maximum atomic E-state index is 16.2. The van der Waals surface area contributed by atoms with Crippen LogP contribution in [0.5, 0.6) is 0 Å². The average molecular weight is 1600 g/mol. The average Bonchev–Trinajstić information content (AvgIpc) is 0.807. The van der Waals surface area contributed by atoms with Crippen molar-refractivity contribution < 1.29 is 67.1 Å². The monoisotopic (exact) mass is 1600 g/mol. The third-order valence-corrected chi connectivity index (χ3v) is 23.1. The van der Waals surface area contributed by atoms with Crippen LogP contribution in [-0.2, 0) is 67.7 Å². The minimum Gasteiger partial charge on any atom is -0.478 e. The zero-order valence-electron chi connectivity index (χ0n) is 67.6. The van der Waals surface area contributed by atoms with E-state index in [0.29, 0.717) is 290 Å². The van der Waals surface area contributed by atoms with E-state index in [4.69, 9.17) is 28.4 Å². The Morgan fingerprint density at radius 1 is 0.231 bits per heavy atom. The lowest BCUT2D eigenvalue weighted by molar-refractivity contribution is 0.0310. The van der Waals surface area contributed by atoms with Gasteiger partial charge in [0.25, 0.3) is 35.4 Å². The fourth-order valence-electron chi connectivity index (χ4n) is 16.1. The summed E-state index contributed by atoms with van der Waals surface area (Å²) in [6.45, 7) is 21.2. The smallest absolute Gasteiger partial charge is 0.336 e. The van der Waals surface area contributed by atoms with Gasteiger partial charge in [-0.05, 0) is 81.9 Å². The molecule has 6 saturated heterocycles. The number of nitrogens with zero attached hydrogens (tertiary/aromatic N) is 12. The summed E-state index contributed by atoms with van der Waals surface area (Å²) >= 11 is 0. The molecule has 117 heavy (non-hydrogen) atoms. The molecule has 0 aliphatic carbocycles. The zero-order valence-corrected chi connectivity index (χ0v) is 67.6. The second kappa shape index (κ2) is 44.2. The van der Waals surface area contributed by atoms with Crippen LogP contribution in [0, 0.1) is 0 Å². The minimum atomic E-state index is -1.08. The van der Waals surface area contributed by atoms with E-state index in [9.17, 15) is 14.7 Å². The predicted octanol–water partition coefficient (Wildman–Crippen LogP) is 7.23. The van der Waals surface area contributed by atoms with Crippen molar-refractivity contribution in [2.24, 2.45) is 0 Å². The molecule has 0 saturated carbocycles. The summed E-state index contributed by atoms with van der Waals surface area (Å²) in [5.41, 5.74) is 6.53. The normalized spacial score (nSPS) is 16.9. The molecular formula is C91H114N12O14. The Labute approximate surface area is 687 Å². The molecule has 0 spiro atoms. The highest BCUT2D eigenvalue weighted by atomic mass is 16.5. The number of carbonyl (C=O) groups excluding carboxylic acids is 6. The largest absolute Gasteiger partial charge is 0.478 e. The van der Waals surface area contributed by atoms with Crippen molar-refractivity contribution in [2.75, 3.05) is 236 Å². The van der Waals surface area contributed by atoms with Crippen LogP contribution in [0.25, 0.3) is 0 Å². The molecule has 26 heteroatoms. The molecule has 0 aromatic heterocycles. The third-order valence-electron chi connectivity index (χ3n) is 23.1. The summed E-state index contributed by atoms with van der Waals surface area (Å²) < 4.78 is 34.4. The molecule has 6 aliphatic rings. The second-order valence-corrected chi connectivity index (χ2v) is 30.7. The lowest BCUT2D eigenvalue weighted by atomic mass is 10.0. The van der Waals surface area contributed by atoms with Gasteiger partial charge in [0.1, 0.15) is 0 Å². The van der Waals surface area contributed by atoms with Crippen molar-refractivity contribution >= 4 is 41.4 Å². The number of rotatable bonds is 37. The lowest BCUT2D eigenvalue weighted by Gasteiger charge is -2.33. The van der Waals surface area contributed by atoms with Gasteiger partial charge in [0, 0.05) is 230 Å². The first-order chi connectivity index (χ1) is 57.4. The Morgan fingerprint density at radius 3 is 0.607 bits per heavy atom. The molecule has 26 nitrogen and oxygen atoms in total. The molecule has 6 aliphatic heterocycles. The summed E-state index contributed by atoms with van der Waals surface area (Å²) in [6.07, 6.45) is 0. The predicted molar refractivity (Wildman–Crippen MR) is 444 cm³/mol. The Hall–Kier alpha value is -9.65. The molecule has 6 amide bonds. The molecule has 0 radical (unpaired) electrons. The lowest BCUT2D eigenvalue weighted by Crippen LogP contribution is -2.45. The fourth-order valence-corrected chi connectivity index (χ4v) is 16.1. The van der Waals surface area contributed by atoms with E-state index in [1.54, 1.807) is 40.1 Å². The first kappa shape index (κ1) is 85.2. The Bertz CT molecular complexity index is 4390. The number of amides is 6. The Kier molecular flexibility index (Phi) is 32.2. The number of carbonyl (C=O) groups is 7. The number of ether oxygens (including phenoxy) is 6. The van der Waals surface area contributed by atoms with Crippen LogP contribution in [0.2, 0.25) is 0 Å². The molecule has 6 fully saturated rings. The van der Waals surface area contributed by atoms with Crippen LogP contribution in [0.3, 0.4) is 0 Å². The van der Waals surface area contributed by atoms with E-state index >= 15 is 24.0 Å². The highest BCUT2D eigenvalue weighted by Gasteiger charge is 2.33. The number of hydrogen-bond acceptors (Lipinski definition) is 19. The molecule has 0 bridgehead atoms. The number of hydrogen-bond donors (Lipinski definition) is 1. The first-order valence-electron chi connectivity index (χ1n) is 41.7. The van der Waals surface area contributed by atoms with Gasteiger partial charge in [-0.2, -0.15) is 0 Å². The number of benzene rings is 7. The molecular weight excluding hydrogens is 1490 g/mol. The van der Waals surface area contributed by atoms with Crippen molar-refractivity contribution in [3.63, 3.8) is 0 Å². The summed E-state index contributed by atoms with van der Waals surface area (Å²) in [4.78, 5) is 131. The first-order valence-corrected chi connectivity index (χ1v) is 41.7. The molecule has 0 unspecified atom stereocenters. The number of morpholine rings is 6. The van der Waals surface area contributed by atoms with Crippen molar-refractivity contribution in [3.8, 4) is 0 Å². The van der Waals surface area contributed by atoms with Gasteiger partial charge in [-0.15, -0.1) is 0 Å². The molecule has 0 atom stereocenters. The number of carboxylic acid groups (broad SMARTS) is 1. The van der Waals surface area contributed by atoms with E-state index in [0.717, 1.165) is 13.1 Å². The van der Waals surface area contributed by atoms with Crippen molar-refractivity contribution in [3.05, 3.63) is 248 Å². The van der Waals surface area contributed by atoms with Crippen LogP contribution < -0.4 is 0 Å². The van der Waals surface area contributed by atoms with Gasteiger partial charge in [0.05, 0.1) is 84.8 Å². The van der Waals surface area contributed by atoms with Crippen LogP contribution >= 0.6 is 0 Å². The van der Waals surface area contributed by atoms with Gasteiger partial charge in [0.2, 0.25) is 0 Å². The molecule has 6 heterocycles. The molecule has 7 aromatic carbocycles. The standard InChI is InChI=1S/C91H114N12O14/c104-85(72-16-2-1-3-17-72)98(36-30-92-42-54-112-55-43-92)66-73-18-4-10-24-79(73)86(105)99(37-31-93-44-56-113-57-45-93)67-74-19-5-11-25-80(74)87(106)100(38-32-94-46-58-114-59-47-94)68-75-20-6-12-26-81(75)88(107)101(39-33-95-48-60-115-61-49-95)69-76-21-7-13-27-82(76)89(108)102(40-34-96-50-62-116-63-51-96)70-77-22-8-14-28-83(77)90(109)103(41-35-97-52-64-117-65-53-97)71-78-23-9-15-29-84(78)91(110)111/h1-29H,30-71H2,(H,110,111). The summed E-state index contributed by atoms with van der Waals surface area (Å²) in [5.74, 6) is -2.54. The Balaban J connectivity index is 0.789. The van der Waals surface area contributed by atoms with Gasteiger partial charge in [-0.1, -0.05) is 127 Å². The van der Waals surface area contributed by atoms with Gasteiger partial charge in [-0.3, -0.25) is 58.2 Å². The maximum Gasteiger partial charge on any atom is 0.336 e. The highest BCUT2D eigenvalue weighted by Crippen LogP contribution is 2.27. The molecule has 622 valence electrons. The van der Waals surface area contributed by atoms with Gasteiger partial charge in [0.15, 0.2) is 0 Å². The second-order valence-electron chi connectivity index (χ2n) is 30.7. The minimum absolute atomic E-state index is 0.0510. The van der Waals surface area contributed by atoms with Crippen LogP contribution in [0.15, 0.2) is 176 Å². The van der Waals surface area contributed by atoms with Crippen molar-refractivity contribution in [1.29, 1.82) is 0 Å². The van der Waals surface area contributed by atoms with Crippen LogP contribution in [0.4, 0.5) is 0 Å². The van der Waals surface area contributed by atoms with Gasteiger partial charge in [-0.25, -0.2) is 4.79 Å². The highest BCUT2D eigenvalue weighted by molar-refractivity contribution is 6.01. The van der Waals surface area contributed by atoms with Gasteiger partial charge >= 0.3 is 5.97 Å². The summed E-state index contributed by atoms with van der Waals surface area (Å²) in [7, 11) is 0. The van der Waals surface area contributed by atoms with E-state index in [-0.39, 0.29) is 80.3 Å². The van der Waals surface area contributed by atoms with E-state index in [2.05, 4.69) is 29.4 Å². The maximum absolute atomic E-state index is 16.2. The fraction of sp³-hybridized carbons (Fsp3) is 0.462. The third kappa shape index (κ3) is 24.3. The molecule has 1 N–H and O–H groups in total. The topological polar surface area (TPSA) is 234 Å². The number of aromatic carboxylic acids is 1. The molecule has 7 aromatic rings. The van der Waals surface area contributed by atoms with Gasteiger partial charge < -0.3 is 62.9 Å². The molecule has 13 rings (SSSR count). The Morgan fingerprint density at radius 2 is 0.402 bits per heavy atom. The quantitative estimate of drug-likeness (QED) is 0.0404. The zero-order chi connectivity index (χ0) is 80.9. The number of carboxylic acids is 1. The van der Waals surface area contributed by atoms with Crippen LogP contribution in [0.1, 0.15) is 106 Å². The summed E-state index contributed by atoms with van der Waals surface area (Å²) in [6, 6.07) is 53.4. The van der Waals surface area contributed by atoms with Crippen molar-refractivity contribution in [1.82, 2.24) is 58.8 Å². The van der Waals surface area contributed by atoms with E-state index in [1.807, 2.05) is 165 Å². The van der Waals surface area contributed by atoms with E-state index in [1.165, 1.54) is 0 Å². The van der Waals surface area contributed by atoms with Crippen molar-refractivity contribution in [2.45, 2.75) is 39.3 Å². The van der Waals surface area contributed by atoms with Crippen LogP contribution in [-0.4, -0.2) is 342 Å². The van der Waals surface area contributed by atoms with E-state index < -0.39 is 5.97 Å². The SMILES string of the molecule is O=C(O)c1ccccc1CN(CCN1CCOCC1)C(=O)c1ccccc1CN(CCN1CCOCC1)C(=O)c1ccccc1CN(CCN1CCOCC1)C(=O)c1ccccc1CN(CCN1CCOCC1)C(=O)c1ccccc1CN(CCN1CCOCC1)C(=O)c1ccccc1CN(CCN1CCOCC1)C(=O)c1ccccc1. The summed E-state index contributed by atoms with van der Waals surface area (Å²) in [5, 5.41) is 10.3.